The Bertz CT molecular complexity index is 418. The number of nitrogens with zero attached hydrogens (tertiary/aromatic N) is 1. The zero-order valence-corrected chi connectivity index (χ0v) is 12.6. The van der Waals surface area contributed by atoms with E-state index in [2.05, 4.69) is 42.3 Å². The van der Waals surface area contributed by atoms with Crippen molar-refractivity contribution in [1.82, 2.24) is 5.43 Å². The highest BCUT2D eigenvalue weighted by Gasteiger charge is 2.19. The van der Waals surface area contributed by atoms with Crippen LogP contribution in [0.25, 0.3) is 0 Å². The fourth-order valence-corrected chi connectivity index (χ4v) is 4.02. The molecule has 0 radical (unpaired) electrons. The summed E-state index contributed by atoms with van der Waals surface area (Å²) in [5, 5.41) is 4.31. The van der Waals surface area contributed by atoms with Gasteiger partial charge >= 0.3 is 0 Å². The van der Waals surface area contributed by atoms with E-state index in [1.165, 1.54) is 9.38 Å². The monoisotopic (exact) mass is 271 g/mol. The SMILES string of the molecule is C/C(=N\NC(N)=S)c1ccc([Si](C)(C)C)s1. The van der Waals surface area contributed by atoms with Gasteiger partial charge in [0.05, 0.1) is 13.8 Å². The fourth-order valence-electron chi connectivity index (χ4n) is 1.13. The van der Waals surface area contributed by atoms with Crippen molar-refractivity contribution < 1.29 is 0 Å². The molecule has 0 saturated heterocycles. The average molecular weight is 271 g/mol. The summed E-state index contributed by atoms with van der Waals surface area (Å²) in [6, 6.07) is 4.31. The van der Waals surface area contributed by atoms with Crippen LogP contribution in [0.3, 0.4) is 0 Å². The van der Waals surface area contributed by atoms with Crippen LogP contribution in [0, 0.1) is 0 Å². The van der Waals surface area contributed by atoms with E-state index in [0.717, 1.165) is 5.71 Å². The quantitative estimate of drug-likeness (QED) is 0.382. The molecule has 1 aromatic heterocycles. The molecule has 1 rings (SSSR count). The Hall–Kier alpha value is -0.723. The van der Waals surface area contributed by atoms with Gasteiger partial charge in [-0.1, -0.05) is 25.7 Å². The number of nitrogens with two attached hydrogens (primary N) is 1. The molecule has 0 unspecified atom stereocenters. The lowest BCUT2D eigenvalue weighted by Gasteiger charge is -2.12. The molecule has 0 spiro atoms. The first-order valence-corrected chi connectivity index (χ1v) is 9.73. The molecule has 0 bridgehead atoms. The van der Waals surface area contributed by atoms with Crippen LogP contribution in [0.4, 0.5) is 0 Å². The van der Waals surface area contributed by atoms with E-state index in [1.54, 1.807) is 11.3 Å². The highest BCUT2D eigenvalue weighted by atomic mass is 32.1. The maximum absolute atomic E-state index is 5.32. The molecule has 1 aromatic rings. The largest absolute Gasteiger partial charge is 0.375 e. The first kappa shape index (κ1) is 13.3. The van der Waals surface area contributed by atoms with Crippen LogP contribution >= 0.6 is 23.6 Å². The summed E-state index contributed by atoms with van der Waals surface area (Å²) in [4.78, 5) is 1.17. The molecular weight excluding hydrogens is 254 g/mol. The van der Waals surface area contributed by atoms with E-state index in [9.17, 15) is 0 Å². The smallest absolute Gasteiger partial charge is 0.184 e. The van der Waals surface area contributed by atoms with E-state index in [-0.39, 0.29) is 5.11 Å². The molecule has 0 aliphatic rings. The number of hydrazone groups is 1. The molecule has 16 heavy (non-hydrogen) atoms. The van der Waals surface area contributed by atoms with Crippen LogP contribution in [-0.2, 0) is 0 Å². The molecule has 3 nitrogen and oxygen atoms in total. The van der Waals surface area contributed by atoms with E-state index >= 15 is 0 Å². The van der Waals surface area contributed by atoms with E-state index in [1.807, 2.05) is 6.92 Å². The van der Waals surface area contributed by atoms with Crippen molar-refractivity contribution in [3.8, 4) is 0 Å². The molecule has 0 aliphatic heterocycles. The van der Waals surface area contributed by atoms with Crippen LogP contribution in [0.1, 0.15) is 11.8 Å². The lowest BCUT2D eigenvalue weighted by molar-refractivity contribution is 1.03. The van der Waals surface area contributed by atoms with Gasteiger partial charge in [-0.25, -0.2) is 0 Å². The predicted octanol–water partition coefficient (Wildman–Crippen LogP) is 1.85. The molecule has 0 fully saturated rings. The van der Waals surface area contributed by atoms with Gasteiger partial charge in [-0.05, 0) is 29.7 Å². The summed E-state index contributed by atoms with van der Waals surface area (Å²) in [5.41, 5.74) is 8.84. The lowest BCUT2D eigenvalue weighted by atomic mass is 10.3. The molecule has 0 aromatic carbocycles. The molecule has 0 amide bonds. The van der Waals surface area contributed by atoms with Gasteiger partial charge in [0.15, 0.2) is 5.11 Å². The van der Waals surface area contributed by atoms with Crippen molar-refractivity contribution in [3.63, 3.8) is 0 Å². The first-order valence-electron chi connectivity index (χ1n) is 5.01. The zero-order valence-electron chi connectivity index (χ0n) is 10.00. The molecule has 0 saturated carbocycles. The minimum Gasteiger partial charge on any atom is -0.375 e. The zero-order chi connectivity index (χ0) is 12.3. The molecule has 0 aliphatic carbocycles. The van der Waals surface area contributed by atoms with Gasteiger partial charge in [0.2, 0.25) is 0 Å². The van der Waals surface area contributed by atoms with Gasteiger partial charge in [0, 0.05) is 4.88 Å². The first-order chi connectivity index (χ1) is 7.30. The molecule has 6 heteroatoms. The van der Waals surface area contributed by atoms with Crippen LogP contribution in [0.15, 0.2) is 17.2 Å². The number of nitrogens with one attached hydrogen (secondary N) is 1. The topological polar surface area (TPSA) is 50.4 Å². The van der Waals surface area contributed by atoms with Crippen LogP contribution in [0.5, 0.6) is 0 Å². The Morgan fingerprint density at radius 2 is 2.06 bits per heavy atom. The van der Waals surface area contributed by atoms with Gasteiger partial charge in [-0.3, -0.25) is 5.43 Å². The van der Waals surface area contributed by atoms with E-state index in [4.69, 9.17) is 18.0 Å². The van der Waals surface area contributed by atoms with Crippen molar-refractivity contribution in [2.45, 2.75) is 26.6 Å². The molecule has 3 N–H and O–H groups in total. The average Bonchev–Trinajstić information content (AvgIpc) is 2.61. The third kappa shape index (κ3) is 3.69. The normalized spacial score (nSPS) is 12.6. The third-order valence-electron chi connectivity index (χ3n) is 2.04. The second-order valence-corrected chi connectivity index (χ2v) is 11.5. The van der Waals surface area contributed by atoms with Crippen LogP contribution in [-0.4, -0.2) is 18.9 Å². The van der Waals surface area contributed by atoms with Crippen LogP contribution in [0.2, 0.25) is 19.6 Å². The van der Waals surface area contributed by atoms with Gasteiger partial charge in [-0.15, -0.1) is 11.3 Å². The Labute approximate surface area is 107 Å². The number of thiophene rings is 1. The Balaban J connectivity index is 2.86. The van der Waals surface area contributed by atoms with Gasteiger partial charge in [-0.2, -0.15) is 5.10 Å². The van der Waals surface area contributed by atoms with Crippen molar-refractivity contribution in [1.29, 1.82) is 0 Å². The van der Waals surface area contributed by atoms with E-state index < -0.39 is 8.07 Å². The summed E-state index contributed by atoms with van der Waals surface area (Å²) in [6.07, 6.45) is 0. The maximum atomic E-state index is 5.32. The Morgan fingerprint density at radius 3 is 2.50 bits per heavy atom. The maximum Gasteiger partial charge on any atom is 0.184 e. The highest BCUT2D eigenvalue weighted by Crippen LogP contribution is 2.13. The van der Waals surface area contributed by atoms with Crippen molar-refractivity contribution >= 4 is 47.0 Å². The standard InChI is InChI=1S/C10H17N3S2Si/c1-7(12-13-10(11)14)8-5-6-9(15-8)16(2,3)4/h5-6H,1-4H3,(H3,11,13,14)/b12-7+. The van der Waals surface area contributed by atoms with E-state index in [0.29, 0.717) is 0 Å². The van der Waals surface area contributed by atoms with Crippen molar-refractivity contribution in [3.05, 3.63) is 17.0 Å². The number of hydrogen-bond donors (Lipinski definition) is 2. The van der Waals surface area contributed by atoms with Gasteiger partial charge in [0.1, 0.15) is 0 Å². The molecule has 0 atom stereocenters. The lowest BCUT2D eigenvalue weighted by Crippen LogP contribution is -2.34. The third-order valence-corrected chi connectivity index (χ3v) is 6.92. The second-order valence-electron chi connectivity index (χ2n) is 4.59. The predicted molar refractivity (Wildman–Crippen MR) is 79.4 cm³/mol. The highest BCUT2D eigenvalue weighted by molar-refractivity contribution is 7.80. The van der Waals surface area contributed by atoms with Gasteiger partial charge < -0.3 is 5.73 Å². The summed E-state index contributed by atoms with van der Waals surface area (Å²) in [7, 11) is -1.21. The molecular formula is C10H17N3S2Si. The van der Waals surface area contributed by atoms with Gasteiger partial charge in [0.25, 0.3) is 0 Å². The minimum atomic E-state index is -1.21. The Morgan fingerprint density at radius 1 is 1.44 bits per heavy atom. The van der Waals surface area contributed by atoms with Crippen molar-refractivity contribution in [2.75, 3.05) is 0 Å². The summed E-state index contributed by atoms with van der Waals surface area (Å²) >= 11 is 6.50. The minimum absolute atomic E-state index is 0.196. The molecule has 88 valence electrons. The second kappa shape index (κ2) is 5.07. The van der Waals surface area contributed by atoms with Crippen LogP contribution < -0.4 is 15.7 Å². The number of hydrogen-bond acceptors (Lipinski definition) is 3. The summed E-state index contributed by atoms with van der Waals surface area (Å²) < 4.78 is 1.48. The molecule has 1 heterocycles. The number of thiocarbonyl (C=S) groups is 1. The Kier molecular flexibility index (Phi) is 4.23. The van der Waals surface area contributed by atoms with Crippen molar-refractivity contribution in [2.24, 2.45) is 10.8 Å². The fraction of sp³-hybridized carbons (Fsp3) is 0.400. The summed E-state index contributed by atoms with van der Waals surface area (Å²) in [5.74, 6) is 0. The summed E-state index contributed by atoms with van der Waals surface area (Å²) in [6.45, 7) is 8.96. The number of rotatable bonds is 3.